The first-order valence-corrected chi connectivity index (χ1v) is 10.9. The molecule has 0 unspecified atom stereocenters. The van der Waals surface area contributed by atoms with E-state index in [1.807, 2.05) is 63.2 Å². The maximum absolute atomic E-state index is 12.0. The Bertz CT molecular complexity index is 1090. The molecule has 3 rings (SSSR count). The van der Waals surface area contributed by atoms with Crippen LogP contribution in [-0.2, 0) is 6.54 Å². The molecule has 0 fully saturated rings. The lowest BCUT2D eigenvalue weighted by Crippen LogP contribution is -2.34. The molecule has 0 aliphatic carbocycles. The Labute approximate surface area is 183 Å². The number of carbonyl (C=O) groups is 1. The Balaban J connectivity index is 2.05. The lowest BCUT2D eigenvalue weighted by Gasteiger charge is -2.13. The molecule has 0 atom stereocenters. The molecule has 2 N–H and O–H groups in total. The van der Waals surface area contributed by atoms with Crippen LogP contribution in [0.2, 0.25) is 0 Å². The third-order valence-electron chi connectivity index (χ3n) is 5.03. The molecule has 0 radical (unpaired) electrons. The number of fused-ring (bicyclic) bond motifs is 1. The number of anilines is 1. The van der Waals surface area contributed by atoms with E-state index in [1.165, 1.54) is 0 Å². The van der Waals surface area contributed by atoms with Crippen molar-refractivity contribution >= 4 is 22.6 Å². The molecular formula is C25H30N4O2. The van der Waals surface area contributed by atoms with Gasteiger partial charge in [0.05, 0.1) is 23.4 Å². The number of carbonyl (C=O) groups excluding carboxylic acids is 1. The second kappa shape index (κ2) is 10.0. The van der Waals surface area contributed by atoms with Gasteiger partial charge in [0.2, 0.25) is 0 Å². The van der Waals surface area contributed by atoms with Crippen LogP contribution in [0.1, 0.15) is 46.1 Å². The molecule has 0 saturated heterocycles. The first kappa shape index (κ1) is 22.2. The van der Waals surface area contributed by atoms with E-state index in [4.69, 9.17) is 4.74 Å². The van der Waals surface area contributed by atoms with Crippen molar-refractivity contribution in [2.45, 2.75) is 53.1 Å². The second-order valence-electron chi connectivity index (χ2n) is 7.78. The fraction of sp³-hybridized carbons (Fsp3) is 0.360. The van der Waals surface area contributed by atoms with E-state index < -0.39 is 0 Å². The van der Waals surface area contributed by atoms with Crippen LogP contribution in [0.3, 0.4) is 0 Å². The minimum atomic E-state index is -0.235. The van der Waals surface area contributed by atoms with E-state index in [0.717, 1.165) is 47.3 Å². The average molecular weight is 419 g/mol. The van der Waals surface area contributed by atoms with Gasteiger partial charge in [0, 0.05) is 29.7 Å². The third-order valence-corrected chi connectivity index (χ3v) is 5.03. The predicted molar refractivity (Wildman–Crippen MR) is 125 cm³/mol. The van der Waals surface area contributed by atoms with Crippen LogP contribution in [0.15, 0.2) is 42.5 Å². The van der Waals surface area contributed by atoms with Crippen LogP contribution in [0, 0.1) is 11.3 Å². The molecule has 2 aromatic carbocycles. The van der Waals surface area contributed by atoms with Crippen LogP contribution in [0.5, 0.6) is 5.75 Å². The van der Waals surface area contributed by atoms with E-state index in [0.29, 0.717) is 17.9 Å². The number of aryl methyl sites for hydroxylation is 1. The number of amides is 2. The molecular weight excluding hydrogens is 388 g/mol. The average Bonchev–Trinajstić information content (AvgIpc) is 3.05. The highest BCUT2D eigenvalue weighted by atomic mass is 16.5. The van der Waals surface area contributed by atoms with Gasteiger partial charge in [-0.2, -0.15) is 5.26 Å². The van der Waals surface area contributed by atoms with Crippen molar-refractivity contribution in [3.63, 3.8) is 0 Å². The molecule has 162 valence electrons. The summed E-state index contributed by atoms with van der Waals surface area (Å²) in [5, 5.41) is 16.6. The van der Waals surface area contributed by atoms with Gasteiger partial charge in [0.15, 0.2) is 0 Å². The minimum absolute atomic E-state index is 0.0633. The highest BCUT2D eigenvalue weighted by molar-refractivity contribution is 5.96. The van der Waals surface area contributed by atoms with Gasteiger partial charge in [-0.05, 0) is 57.0 Å². The summed E-state index contributed by atoms with van der Waals surface area (Å²) >= 11 is 0. The van der Waals surface area contributed by atoms with Gasteiger partial charge in [-0.25, -0.2) is 4.79 Å². The molecule has 1 heterocycles. The largest absolute Gasteiger partial charge is 0.494 e. The Morgan fingerprint density at radius 3 is 2.52 bits per heavy atom. The molecule has 0 aliphatic heterocycles. The lowest BCUT2D eigenvalue weighted by molar-refractivity contribution is 0.250. The van der Waals surface area contributed by atoms with E-state index in [9.17, 15) is 10.1 Å². The summed E-state index contributed by atoms with van der Waals surface area (Å²) in [6.07, 6.45) is 2.06. The summed E-state index contributed by atoms with van der Waals surface area (Å²) in [5.74, 6) is 0.803. The molecule has 0 spiro atoms. The van der Waals surface area contributed by atoms with Gasteiger partial charge in [0.1, 0.15) is 11.8 Å². The monoisotopic (exact) mass is 418 g/mol. The maximum atomic E-state index is 12.0. The molecule has 6 heteroatoms. The fourth-order valence-electron chi connectivity index (χ4n) is 3.69. The Hall–Kier alpha value is -3.46. The van der Waals surface area contributed by atoms with Gasteiger partial charge in [-0.15, -0.1) is 0 Å². The van der Waals surface area contributed by atoms with Crippen LogP contribution < -0.4 is 15.4 Å². The number of urea groups is 1. The summed E-state index contributed by atoms with van der Waals surface area (Å²) < 4.78 is 7.92. The predicted octanol–water partition coefficient (Wildman–Crippen LogP) is 5.91. The second-order valence-corrected chi connectivity index (χ2v) is 7.78. The summed E-state index contributed by atoms with van der Waals surface area (Å²) in [6.45, 7) is 9.36. The van der Waals surface area contributed by atoms with Crippen molar-refractivity contribution in [3.8, 4) is 23.1 Å². The van der Waals surface area contributed by atoms with E-state index >= 15 is 0 Å². The minimum Gasteiger partial charge on any atom is -0.494 e. The van der Waals surface area contributed by atoms with E-state index in [1.54, 1.807) is 0 Å². The van der Waals surface area contributed by atoms with Crippen molar-refractivity contribution in [1.82, 2.24) is 9.88 Å². The Kier molecular flexibility index (Phi) is 7.19. The number of nitrogens with one attached hydrogen (secondary N) is 2. The topological polar surface area (TPSA) is 79.1 Å². The number of hydrogen-bond acceptors (Lipinski definition) is 3. The van der Waals surface area contributed by atoms with Gasteiger partial charge in [-0.3, -0.25) is 0 Å². The zero-order valence-corrected chi connectivity index (χ0v) is 18.7. The first-order valence-electron chi connectivity index (χ1n) is 10.9. The van der Waals surface area contributed by atoms with Crippen LogP contribution in [0.25, 0.3) is 22.2 Å². The van der Waals surface area contributed by atoms with Crippen molar-refractivity contribution in [2.24, 2.45) is 0 Å². The number of nitrogens with zero attached hydrogens (tertiary/aromatic N) is 2. The number of ether oxygens (including phenoxy) is 1. The Morgan fingerprint density at radius 2 is 1.90 bits per heavy atom. The molecule has 0 saturated carbocycles. The molecule has 2 amide bonds. The molecule has 0 bridgehead atoms. The maximum Gasteiger partial charge on any atom is 0.319 e. The standard InChI is InChI=1S/C25H30N4O2/c1-5-7-14-29-23-15-20(31-6-2)12-13-21(23)22(16-26)24(29)18-8-10-19(11-9-18)28-25(30)27-17(3)4/h8-13,15,17H,5-7,14H2,1-4H3,(H2,27,28,30). The SMILES string of the molecule is CCCCn1c(-c2ccc(NC(=O)NC(C)C)cc2)c(C#N)c2ccc(OCC)cc21. The quantitative estimate of drug-likeness (QED) is 0.477. The third kappa shape index (κ3) is 5.00. The summed E-state index contributed by atoms with van der Waals surface area (Å²) in [7, 11) is 0. The van der Waals surface area contributed by atoms with Gasteiger partial charge in [0.25, 0.3) is 0 Å². The van der Waals surface area contributed by atoms with Crippen LogP contribution in [-0.4, -0.2) is 23.2 Å². The fourth-order valence-corrected chi connectivity index (χ4v) is 3.69. The molecule has 31 heavy (non-hydrogen) atoms. The van der Waals surface area contributed by atoms with Crippen LogP contribution in [0.4, 0.5) is 10.5 Å². The van der Waals surface area contributed by atoms with Crippen molar-refractivity contribution < 1.29 is 9.53 Å². The molecule has 0 aliphatic rings. The first-order chi connectivity index (χ1) is 15.0. The highest BCUT2D eigenvalue weighted by Gasteiger charge is 2.19. The van der Waals surface area contributed by atoms with Gasteiger partial charge < -0.3 is 19.9 Å². The van der Waals surface area contributed by atoms with Crippen molar-refractivity contribution in [1.29, 1.82) is 5.26 Å². The lowest BCUT2D eigenvalue weighted by atomic mass is 10.1. The molecule has 6 nitrogen and oxygen atoms in total. The van der Waals surface area contributed by atoms with E-state index in [-0.39, 0.29) is 12.1 Å². The number of rotatable bonds is 8. The summed E-state index contributed by atoms with van der Waals surface area (Å²) in [4.78, 5) is 12.0. The summed E-state index contributed by atoms with van der Waals surface area (Å²) in [6, 6.07) is 15.8. The zero-order valence-electron chi connectivity index (χ0n) is 18.7. The summed E-state index contributed by atoms with van der Waals surface area (Å²) in [5.41, 5.74) is 4.21. The van der Waals surface area contributed by atoms with Crippen LogP contribution >= 0.6 is 0 Å². The highest BCUT2D eigenvalue weighted by Crippen LogP contribution is 2.36. The molecule has 1 aromatic heterocycles. The Morgan fingerprint density at radius 1 is 1.16 bits per heavy atom. The molecule has 3 aromatic rings. The van der Waals surface area contributed by atoms with Crippen molar-refractivity contribution in [3.05, 3.63) is 48.0 Å². The van der Waals surface area contributed by atoms with Crippen molar-refractivity contribution in [2.75, 3.05) is 11.9 Å². The van der Waals surface area contributed by atoms with Gasteiger partial charge >= 0.3 is 6.03 Å². The number of benzene rings is 2. The number of hydrogen-bond donors (Lipinski definition) is 2. The normalized spacial score (nSPS) is 10.8. The zero-order chi connectivity index (χ0) is 22.4. The number of nitriles is 1. The van der Waals surface area contributed by atoms with Gasteiger partial charge in [-0.1, -0.05) is 25.5 Å². The van der Waals surface area contributed by atoms with E-state index in [2.05, 4.69) is 28.2 Å². The number of aromatic nitrogens is 1. The smallest absolute Gasteiger partial charge is 0.319 e. The number of unbranched alkanes of at least 4 members (excludes halogenated alkanes) is 1.